The third-order valence-corrected chi connectivity index (χ3v) is 6.72. The average Bonchev–Trinajstić information content (AvgIpc) is 2.86. The normalized spacial score (nSPS) is 28.0. The zero-order chi connectivity index (χ0) is 13.9. The van der Waals surface area contributed by atoms with E-state index in [0.717, 1.165) is 38.5 Å². The molecule has 0 N–H and O–H groups in total. The van der Waals surface area contributed by atoms with E-state index in [4.69, 9.17) is 11.6 Å². The van der Waals surface area contributed by atoms with Crippen LogP contribution in [0.1, 0.15) is 45.4 Å². The van der Waals surface area contributed by atoms with E-state index in [1.165, 1.54) is 0 Å². The Hall–Kier alpha value is 0.160. The van der Waals surface area contributed by atoms with Gasteiger partial charge in [0, 0.05) is 31.6 Å². The Morgan fingerprint density at radius 1 is 1.16 bits per heavy atom. The van der Waals surface area contributed by atoms with E-state index in [1.54, 1.807) is 8.61 Å². The van der Waals surface area contributed by atoms with E-state index in [9.17, 15) is 8.42 Å². The van der Waals surface area contributed by atoms with Crippen molar-refractivity contribution in [2.75, 3.05) is 25.5 Å². The number of halogens is 1. The van der Waals surface area contributed by atoms with Crippen molar-refractivity contribution in [2.24, 2.45) is 5.92 Å². The second kappa shape index (κ2) is 6.74. The molecule has 0 aromatic heterocycles. The van der Waals surface area contributed by atoms with Crippen LogP contribution in [0.4, 0.5) is 0 Å². The van der Waals surface area contributed by atoms with E-state index >= 15 is 0 Å². The smallest absolute Gasteiger partial charge is 0.195 e. The van der Waals surface area contributed by atoms with Crippen LogP contribution in [0, 0.1) is 5.92 Å². The maximum Gasteiger partial charge on any atom is 0.282 e. The van der Waals surface area contributed by atoms with Gasteiger partial charge in [-0.2, -0.15) is 17.0 Å². The molecule has 2 aliphatic heterocycles. The summed E-state index contributed by atoms with van der Waals surface area (Å²) in [6.07, 6.45) is 5.73. The Labute approximate surface area is 122 Å². The highest BCUT2D eigenvalue weighted by Gasteiger charge is 2.38. The molecule has 0 aliphatic carbocycles. The SMILES string of the molecule is CC1CCN(S(=O)(=O)N2CCCC2CCCCl)CC1. The molecule has 0 radical (unpaired) electrons. The number of piperidine rings is 1. The molecular formula is C13H25ClN2O2S. The van der Waals surface area contributed by atoms with E-state index in [2.05, 4.69) is 6.92 Å². The van der Waals surface area contributed by atoms with Crippen LogP contribution in [-0.4, -0.2) is 48.6 Å². The quantitative estimate of drug-likeness (QED) is 0.732. The lowest BCUT2D eigenvalue weighted by Gasteiger charge is -2.34. The van der Waals surface area contributed by atoms with E-state index in [0.29, 0.717) is 31.4 Å². The zero-order valence-corrected chi connectivity index (χ0v) is 13.3. The summed E-state index contributed by atoms with van der Waals surface area (Å²) < 4.78 is 28.8. The lowest BCUT2D eigenvalue weighted by Crippen LogP contribution is -2.48. The van der Waals surface area contributed by atoms with Crippen LogP contribution in [0.15, 0.2) is 0 Å². The van der Waals surface area contributed by atoms with Crippen LogP contribution in [0.3, 0.4) is 0 Å². The highest BCUT2D eigenvalue weighted by atomic mass is 35.5. The van der Waals surface area contributed by atoms with Gasteiger partial charge < -0.3 is 0 Å². The van der Waals surface area contributed by atoms with Crippen LogP contribution in [-0.2, 0) is 10.2 Å². The summed E-state index contributed by atoms with van der Waals surface area (Å²) in [6, 6.07) is 0.170. The molecule has 19 heavy (non-hydrogen) atoms. The van der Waals surface area contributed by atoms with Gasteiger partial charge in [-0.25, -0.2) is 0 Å². The van der Waals surface area contributed by atoms with Crippen LogP contribution in [0.5, 0.6) is 0 Å². The fraction of sp³-hybridized carbons (Fsp3) is 1.00. The lowest BCUT2D eigenvalue weighted by molar-refractivity contribution is 0.257. The Bertz CT molecular complexity index is 380. The van der Waals surface area contributed by atoms with Crippen molar-refractivity contribution in [3.8, 4) is 0 Å². The van der Waals surface area contributed by atoms with Crippen molar-refractivity contribution >= 4 is 21.8 Å². The summed E-state index contributed by atoms with van der Waals surface area (Å²) in [5.74, 6) is 1.27. The molecule has 2 fully saturated rings. The second-order valence-corrected chi connectivity index (χ2v) is 8.09. The number of hydrogen-bond donors (Lipinski definition) is 0. The van der Waals surface area contributed by atoms with Gasteiger partial charge in [-0.15, -0.1) is 11.6 Å². The first kappa shape index (κ1) is 15.5. The summed E-state index contributed by atoms with van der Waals surface area (Å²) in [4.78, 5) is 0. The van der Waals surface area contributed by atoms with Crippen LogP contribution < -0.4 is 0 Å². The minimum absolute atomic E-state index is 0.170. The van der Waals surface area contributed by atoms with Crippen LogP contribution >= 0.6 is 11.6 Å². The maximum absolute atomic E-state index is 12.7. The molecule has 1 unspecified atom stereocenters. The monoisotopic (exact) mass is 308 g/mol. The summed E-state index contributed by atoms with van der Waals surface area (Å²) >= 11 is 5.73. The minimum atomic E-state index is -3.24. The molecule has 0 spiro atoms. The number of alkyl halides is 1. The molecule has 2 saturated heterocycles. The topological polar surface area (TPSA) is 40.6 Å². The van der Waals surface area contributed by atoms with E-state index in [-0.39, 0.29) is 6.04 Å². The van der Waals surface area contributed by atoms with Gasteiger partial charge >= 0.3 is 0 Å². The van der Waals surface area contributed by atoms with Gasteiger partial charge in [0.2, 0.25) is 0 Å². The zero-order valence-electron chi connectivity index (χ0n) is 11.7. The minimum Gasteiger partial charge on any atom is -0.195 e. The predicted octanol–water partition coefficient (Wildman–Crippen LogP) is 2.45. The van der Waals surface area contributed by atoms with Gasteiger partial charge in [0.05, 0.1) is 0 Å². The third-order valence-electron chi connectivity index (χ3n) is 4.36. The van der Waals surface area contributed by atoms with Crippen molar-refractivity contribution in [3.05, 3.63) is 0 Å². The standard InChI is InChI=1S/C13H25ClN2O2S/c1-12-6-10-15(11-7-12)19(17,18)16-9-3-5-13(16)4-2-8-14/h12-13H,2-11H2,1H3. The van der Waals surface area contributed by atoms with Crippen molar-refractivity contribution in [3.63, 3.8) is 0 Å². The average molecular weight is 309 g/mol. The molecule has 4 nitrogen and oxygen atoms in total. The van der Waals surface area contributed by atoms with Gasteiger partial charge in [-0.3, -0.25) is 0 Å². The first-order chi connectivity index (χ1) is 9.05. The molecule has 0 amide bonds. The fourth-order valence-corrected chi connectivity index (χ4v) is 5.15. The molecule has 2 heterocycles. The highest BCUT2D eigenvalue weighted by molar-refractivity contribution is 7.86. The summed E-state index contributed by atoms with van der Waals surface area (Å²) in [6.45, 7) is 4.24. The van der Waals surface area contributed by atoms with E-state index < -0.39 is 10.2 Å². The van der Waals surface area contributed by atoms with Gasteiger partial charge in [0.1, 0.15) is 0 Å². The third kappa shape index (κ3) is 3.63. The highest BCUT2D eigenvalue weighted by Crippen LogP contribution is 2.28. The summed E-state index contributed by atoms with van der Waals surface area (Å²) in [7, 11) is -3.24. The predicted molar refractivity (Wildman–Crippen MR) is 78.6 cm³/mol. The van der Waals surface area contributed by atoms with Crippen molar-refractivity contribution in [2.45, 2.75) is 51.5 Å². The molecule has 6 heteroatoms. The van der Waals surface area contributed by atoms with E-state index in [1.807, 2.05) is 0 Å². The first-order valence-corrected chi connectivity index (χ1v) is 9.31. The molecule has 1 atom stereocenters. The van der Waals surface area contributed by atoms with Gasteiger partial charge in [-0.05, 0) is 44.4 Å². The maximum atomic E-state index is 12.7. The fourth-order valence-electron chi connectivity index (χ4n) is 3.08. The number of hydrogen-bond acceptors (Lipinski definition) is 2. The molecule has 2 aliphatic rings. The molecule has 112 valence electrons. The van der Waals surface area contributed by atoms with Gasteiger partial charge in [0.25, 0.3) is 10.2 Å². The molecule has 0 aromatic carbocycles. The Morgan fingerprint density at radius 2 is 1.84 bits per heavy atom. The summed E-state index contributed by atoms with van der Waals surface area (Å²) in [5, 5.41) is 0. The van der Waals surface area contributed by atoms with Crippen LogP contribution in [0.2, 0.25) is 0 Å². The largest absolute Gasteiger partial charge is 0.282 e. The Balaban J connectivity index is 2.01. The van der Waals surface area contributed by atoms with Crippen molar-refractivity contribution in [1.82, 2.24) is 8.61 Å². The number of rotatable bonds is 5. The lowest BCUT2D eigenvalue weighted by atomic mass is 10.0. The van der Waals surface area contributed by atoms with Gasteiger partial charge in [0.15, 0.2) is 0 Å². The van der Waals surface area contributed by atoms with Crippen molar-refractivity contribution in [1.29, 1.82) is 0 Å². The van der Waals surface area contributed by atoms with Crippen molar-refractivity contribution < 1.29 is 8.42 Å². The van der Waals surface area contributed by atoms with Gasteiger partial charge in [-0.1, -0.05) is 6.92 Å². The van der Waals surface area contributed by atoms with Crippen LogP contribution in [0.25, 0.3) is 0 Å². The molecular weight excluding hydrogens is 284 g/mol. The molecule has 0 bridgehead atoms. The molecule has 2 rings (SSSR count). The Kier molecular flexibility index (Phi) is 5.52. The first-order valence-electron chi connectivity index (χ1n) is 7.38. The number of nitrogens with zero attached hydrogens (tertiary/aromatic N) is 2. The summed E-state index contributed by atoms with van der Waals surface area (Å²) in [5.41, 5.74) is 0. The second-order valence-electron chi connectivity index (χ2n) is 5.83. The molecule has 0 aromatic rings. The Morgan fingerprint density at radius 3 is 2.47 bits per heavy atom. The molecule has 0 saturated carbocycles.